The third-order valence-electron chi connectivity index (χ3n) is 1.75. The molecule has 1 aromatic carbocycles. The van der Waals surface area contributed by atoms with Gasteiger partial charge in [0.25, 0.3) is 0 Å². The van der Waals surface area contributed by atoms with Crippen molar-refractivity contribution in [2.24, 2.45) is 0 Å². The summed E-state index contributed by atoms with van der Waals surface area (Å²) in [6, 6.07) is 5.54. The van der Waals surface area contributed by atoms with Crippen LogP contribution in [0.2, 0.25) is 19.6 Å². The highest BCUT2D eigenvalue weighted by atomic mass is 28.4. The Bertz CT molecular complexity index is 386. The number of benzene rings is 1. The van der Waals surface area contributed by atoms with Crippen LogP contribution in [-0.4, -0.2) is 15.4 Å². The van der Waals surface area contributed by atoms with Crippen molar-refractivity contribution in [3.63, 3.8) is 0 Å². The van der Waals surface area contributed by atoms with E-state index in [9.17, 15) is 0 Å². The molecule has 0 N–H and O–H groups in total. The highest BCUT2D eigenvalue weighted by Gasteiger charge is 2.18. The summed E-state index contributed by atoms with van der Waals surface area (Å²) in [5.41, 5.74) is 0.801. The third-order valence-corrected chi connectivity index (χ3v) is 2.58. The molecule has 1 rings (SSSR count). The Hall–Kier alpha value is -1.40. The van der Waals surface area contributed by atoms with Gasteiger partial charge in [0.05, 0.1) is 7.11 Å². The van der Waals surface area contributed by atoms with Gasteiger partial charge in [-0.1, -0.05) is 5.92 Å². The Morgan fingerprint density at radius 2 is 1.87 bits per heavy atom. The standard InChI is InChI=1S/C12H16O2Si/c1-6-10-7-8-11(12(9-10)13-2)14-15(3,4)5/h1,7-9H,2-5H3. The van der Waals surface area contributed by atoms with Crippen molar-refractivity contribution in [2.75, 3.05) is 7.11 Å². The Morgan fingerprint density at radius 1 is 1.20 bits per heavy atom. The molecule has 0 saturated heterocycles. The minimum Gasteiger partial charge on any atom is -0.542 e. The van der Waals surface area contributed by atoms with Crippen molar-refractivity contribution >= 4 is 8.32 Å². The molecular weight excluding hydrogens is 204 g/mol. The molecule has 0 fully saturated rings. The normalized spacial score (nSPS) is 10.6. The minimum atomic E-state index is -1.60. The lowest BCUT2D eigenvalue weighted by molar-refractivity contribution is 0.392. The van der Waals surface area contributed by atoms with Gasteiger partial charge in [0.1, 0.15) is 5.75 Å². The van der Waals surface area contributed by atoms with E-state index in [-0.39, 0.29) is 0 Å². The molecule has 0 aromatic heterocycles. The number of hydrogen-bond donors (Lipinski definition) is 0. The topological polar surface area (TPSA) is 18.5 Å². The lowest BCUT2D eigenvalue weighted by Crippen LogP contribution is -2.29. The van der Waals surface area contributed by atoms with Crippen molar-refractivity contribution < 1.29 is 9.16 Å². The average Bonchev–Trinajstić information content (AvgIpc) is 2.16. The third kappa shape index (κ3) is 3.33. The largest absolute Gasteiger partial charge is 0.542 e. The first-order valence-electron chi connectivity index (χ1n) is 4.80. The van der Waals surface area contributed by atoms with E-state index in [2.05, 4.69) is 25.6 Å². The van der Waals surface area contributed by atoms with E-state index < -0.39 is 8.32 Å². The number of rotatable bonds is 3. The number of ether oxygens (including phenoxy) is 1. The van der Waals surface area contributed by atoms with Crippen LogP contribution in [-0.2, 0) is 0 Å². The van der Waals surface area contributed by atoms with E-state index in [1.165, 1.54) is 0 Å². The van der Waals surface area contributed by atoms with Crippen LogP contribution in [0.5, 0.6) is 11.5 Å². The number of hydrogen-bond acceptors (Lipinski definition) is 2. The molecule has 2 nitrogen and oxygen atoms in total. The number of methoxy groups -OCH3 is 1. The molecule has 0 saturated carbocycles. The van der Waals surface area contributed by atoms with Crippen LogP contribution >= 0.6 is 0 Å². The van der Waals surface area contributed by atoms with Gasteiger partial charge in [0.15, 0.2) is 5.75 Å². The summed E-state index contributed by atoms with van der Waals surface area (Å²) >= 11 is 0. The SMILES string of the molecule is C#Cc1ccc(O[Si](C)(C)C)c(OC)c1. The molecule has 0 aliphatic rings. The van der Waals surface area contributed by atoms with E-state index in [4.69, 9.17) is 15.6 Å². The molecule has 0 unspecified atom stereocenters. The predicted molar refractivity (Wildman–Crippen MR) is 64.9 cm³/mol. The molecular formula is C12H16O2Si. The average molecular weight is 220 g/mol. The lowest BCUT2D eigenvalue weighted by atomic mass is 10.2. The van der Waals surface area contributed by atoms with Gasteiger partial charge in [0, 0.05) is 5.56 Å². The van der Waals surface area contributed by atoms with Crippen LogP contribution in [0, 0.1) is 12.3 Å². The van der Waals surface area contributed by atoms with E-state index in [1.54, 1.807) is 7.11 Å². The summed E-state index contributed by atoms with van der Waals surface area (Å²) < 4.78 is 11.1. The zero-order valence-electron chi connectivity index (χ0n) is 9.63. The fraction of sp³-hybridized carbons (Fsp3) is 0.333. The molecule has 0 bridgehead atoms. The summed E-state index contributed by atoms with van der Waals surface area (Å²) in [7, 11) is 0.0128. The Balaban J connectivity index is 3.04. The zero-order valence-corrected chi connectivity index (χ0v) is 10.6. The molecule has 0 aliphatic carbocycles. The van der Waals surface area contributed by atoms with E-state index >= 15 is 0 Å². The van der Waals surface area contributed by atoms with Gasteiger partial charge in [-0.15, -0.1) is 6.42 Å². The smallest absolute Gasteiger partial charge is 0.242 e. The maximum Gasteiger partial charge on any atom is 0.242 e. The van der Waals surface area contributed by atoms with Gasteiger partial charge in [-0.05, 0) is 37.8 Å². The molecule has 0 amide bonds. The van der Waals surface area contributed by atoms with E-state index in [0.29, 0.717) is 5.75 Å². The number of terminal acetylenes is 1. The molecule has 15 heavy (non-hydrogen) atoms. The molecule has 0 spiro atoms. The second-order valence-electron chi connectivity index (χ2n) is 4.22. The van der Waals surface area contributed by atoms with Gasteiger partial charge in [-0.2, -0.15) is 0 Å². The lowest BCUT2D eigenvalue weighted by Gasteiger charge is -2.21. The van der Waals surface area contributed by atoms with Crippen molar-refractivity contribution in [3.8, 4) is 23.8 Å². The molecule has 80 valence electrons. The highest BCUT2D eigenvalue weighted by Crippen LogP contribution is 2.29. The molecule has 0 heterocycles. The Labute approximate surface area is 92.4 Å². The van der Waals surface area contributed by atoms with Gasteiger partial charge in [0.2, 0.25) is 8.32 Å². The van der Waals surface area contributed by atoms with Crippen molar-refractivity contribution in [3.05, 3.63) is 23.8 Å². The van der Waals surface area contributed by atoms with Crippen LogP contribution in [0.15, 0.2) is 18.2 Å². The second kappa shape index (κ2) is 4.41. The van der Waals surface area contributed by atoms with Crippen LogP contribution in [0.3, 0.4) is 0 Å². The van der Waals surface area contributed by atoms with Crippen LogP contribution in [0.25, 0.3) is 0 Å². The fourth-order valence-electron chi connectivity index (χ4n) is 1.17. The maximum atomic E-state index is 5.87. The van der Waals surface area contributed by atoms with Crippen molar-refractivity contribution in [1.82, 2.24) is 0 Å². The molecule has 0 atom stereocenters. The van der Waals surface area contributed by atoms with Crippen LogP contribution in [0.1, 0.15) is 5.56 Å². The minimum absolute atomic E-state index is 0.702. The van der Waals surface area contributed by atoms with Gasteiger partial charge >= 0.3 is 0 Å². The van der Waals surface area contributed by atoms with Gasteiger partial charge < -0.3 is 9.16 Å². The first-order valence-corrected chi connectivity index (χ1v) is 8.21. The zero-order chi connectivity index (χ0) is 11.5. The van der Waals surface area contributed by atoms with Gasteiger partial charge in [-0.3, -0.25) is 0 Å². The van der Waals surface area contributed by atoms with Gasteiger partial charge in [-0.25, -0.2) is 0 Å². The van der Waals surface area contributed by atoms with Crippen LogP contribution < -0.4 is 9.16 Å². The van der Waals surface area contributed by atoms with Crippen molar-refractivity contribution in [2.45, 2.75) is 19.6 Å². The highest BCUT2D eigenvalue weighted by molar-refractivity contribution is 6.70. The summed E-state index contributed by atoms with van der Waals surface area (Å²) in [6.07, 6.45) is 5.31. The summed E-state index contributed by atoms with van der Waals surface area (Å²) in [5.74, 6) is 4.04. The predicted octanol–water partition coefficient (Wildman–Crippen LogP) is 2.89. The monoisotopic (exact) mass is 220 g/mol. The first kappa shape index (κ1) is 11.7. The van der Waals surface area contributed by atoms with E-state index in [0.717, 1.165) is 11.3 Å². The molecule has 0 aliphatic heterocycles. The molecule has 0 radical (unpaired) electrons. The quantitative estimate of drug-likeness (QED) is 0.576. The van der Waals surface area contributed by atoms with E-state index in [1.807, 2.05) is 18.2 Å². The molecule has 3 heteroatoms. The second-order valence-corrected chi connectivity index (χ2v) is 8.65. The Morgan fingerprint density at radius 3 is 2.33 bits per heavy atom. The maximum absolute atomic E-state index is 5.87. The summed E-state index contributed by atoms with van der Waals surface area (Å²) in [4.78, 5) is 0. The summed E-state index contributed by atoms with van der Waals surface area (Å²) in [5, 5.41) is 0. The fourth-order valence-corrected chi connectivity index (χ4v) is 2.00. The first-order chi connectivity index (χ1) is 6.96. The molecule has 1 aromatic rings. The van der Waals surface area contributed by atoms with Crippen LogP contribution in [0.4, 0.5) is 0 Å². The van der Waals surface area contributed by atoms with Crippen molar-refractivity contribution in [1.29, 1.82) is 0 Å². The summed E-state index contributed by atoms with van der Waals surface area (Å²) in [6.45, 7) is 6.38. The Kier molecular flexibility index (Phi) is 3.43.